The van der Waals surface area contributed by atoms with Crippen LogP contribution in [0.5, 0.6) is 0 Å². The van der Waals surface area contributed by atoms with Crippen LogP contribution < -0.4 is 5.32 Å². The molecule has 0 unspecified atom stereocenters. The minimum atomic E-state index is -1.96. The minimum absolute atomic E-state index is 0.697. The van der Waals surface area contributed by atoms with Crippen LogP contribution in [0.2, 0.25) is 0 Å². The highest BCUT2D eigenvalue weighted by Gasteiger charge is 2.37. The van der Waals surface area contributed by atoms with Crippen LogP contribution in [0.15, 0.2) is 0 Å². The Hall–Kier alpha value is -0.390. The predicted octanol–water partition coefficient (Wildman–Crippen LogP) is 1.60. The number of alkyl carbamates (subject to hydrolysis) is 1. The Labute approximate surface area is 95.6 Å². The number of nitrogens with one attached hydrogen (secondary N) is 1. The van der Waals surface area contributed by atoms with Crippen molar-refractivity contribution >= 4 is 46.9 Å². The maximum absolute atomic E-state index is 10.7. The van der Waals surface area contributed by atoms with Gasteiger partial charge in [-0.3, -0.25) is 10.1 Å². The predicted molar refractivity (Wildman–Crippen MR) is 51.4 cm³/mol. The molecule has 0 fully saturated rings. The van der Waals surface area contributed by atoms with Crippen LogP contribution in [0.25, 0.3) is 0 Å². The summed E-state index contributed by atoms with van der Waals surface area (Å²) in [6.07, 6.45) is -2.26. The van der Waals surface area contributed by atoms with Crippen molar-refractivity contribution in [3.05, 3.63) is 0 Å². The van der Waals surface area contributed by atoms with Crippen LogP contribution in [0.4, 0.5) is 4.79 Å². The fourth-order valence-corrected chi connectivity index (χ4v) is 0.807. The normalized spacial score (nSPS) is 12.9. The number of hydrogen-bond acceptors (Lipinski definition) is 4. The molecule has 0 aliphatic carbocycles. The van der Waals surface area contributed by atoms with Gasteiger partial charge in [-0.05, 0) is 0 Å². The molecule has 82 valence electrons. The first-order valence-corrected chi connectivity index (χ1v) is 4.49. The van der Waals surface area contributed by atoms with Crippen LogP contribution in [0.1, 0.15) is 6.92 Å². The van der Waals surface area contributed by atoms with Crippen molar-refractivity contribution in [3.63, 3.8) is 0 Å². The van der Waals surface area contributed by atoms with Crippen LogP contribution >= 0.6 is 34.8 Å². The average molecular weight is 264 g/mol. The molecule has 0 aromatic carbocycles. The summed E-state index contributed by atoms with van der Waals surface area (Å²) in [6, 6.07) is 0. The third-order valence-electron chi connectivity index (χ3n) is 1.02. The second-order valence-electron chi connectivity index (χ2n) is 2.17. The lowest BCUT2D eigenvalue weighted by Gasteiger charge is -2.23. The molecule has 0 aliphatic heterocycles. The zero-order valence-corrected chi connectivity index (χ0v) is 9.61. The van der Waals surface area contributed by atoms with Crippen LogP contribution in [0.3, 0.4) is 0 Å². The van der Waals surface area contributed by atoms with Crippen molar-refractivity contribution < 1.29 is 19.1 Å². The highest BCUT2D eigenvalue weighted by Crippen LogP contribution is 2.31. The fourth-order valence-electron chi connectivity index (χ4n) is 0.510. The average Bonchev–Trinajstić information content (AvgIpc) is 2.00. The van der Waals surface area contributed by atoms with Gasteiger partial charge in [0.2, 0.25) is 10.0 Å². The summed E-state index contributed by atoms with van der Waals surface area (Å²) in [6.45, 7) is 1.11. The van der Waals surface area contributed by atoms with Crippen molar-refractivity contribution in [1.29, 1.82) is 0 Å². The lowest BCUT2D eigenvalue weighted by Crippen LogP contribution is -2.46. The number of methoxy groups -OCH3 is 1. The second-order valence-corrected chi connectivity index (χ2v) is 4.54. The molecule has 14 heavy (non-hydrogen) atoms. The lowest BCUT2D eigenvalue weighted by atomic mass is 10.6. The molecular formula is C6H8Cl3NO4. The summed E-state index contributed by atoms with van der Waals surface area (Å²) in [5.41, 5.74) is 0. The van der Waals surface area contributed by atoms with E-state index in [1.54, 1.807) is 0 Å². The molecule has 0 saturated heterocycles. The molecule has 0 heterocycles. The molecule has 1 atom stereocenters. The Morgan fingerprint density at radius 1 is 1.36 bits per heavy atom. The maximum atomic E-state index is 10.7. The molecule has 0 aromatic heterocycles. The number of carbonyl (C=O) groups is 2. The molecular weight excluding hydrogens is 256 g/mol. The van der Waals surface area contributed by atoms with E-state index < -0.39 is 22.1 Å². The Bertz CT molecular complexity index is 228. The maximum Gasteiger partial charge on any atom is 0.409 e. The first-order chi connectivity index (χ1) is 6.27. The molecule has 1 amide bonds. The van der Waals surface area contributed by atoms with Gasteiger partial charge in [0.05, 0.1) is 7.11 Å². The van der Waals surface area contributed by atoms with Crippen LogP contribution in [-0.2, 0) is 14.3 Å². The van der Waals surface area contributed by atoms with Gasteiger partial charge in [-0.15, -0.1) is 0 Å². The van der Waals surface area contributed by atoms with Gasteiger partial charge in [0, 0.05) is 6.92 Å². The van der Waals surface area contributed by atoms with E-state index in [1.165, 1.54) is 0 Å². The van der Waals surface area contributed by atoms with Gasteiger partial charge in [0.15, 0.2) is 0 Å². The summed E-state index contributed by atoms with van der Waals surface area (Å²) in [5.74, 6) is -0.697. The number of ether oxygens (including phenoxy) is 2. The van der Waals surface area contributed by atoms with E-state index in [-0.39, 0.29) is 0 Å². The summed E-state index contributed by atoms with van der Waals surface area (Å²) < 4.78 is 6.82. The van der Waals surface area contributed by atoms with E-state index in [9.17, 15) is 9.59 Å². The van der Waals surface area contributed by atoms with Crippen LogP contribution in [0, 0.1) is 0 Å². The first-order valence-electron chi connectivity index (χ1n) is 3.35. The number of rotatable bonds is 2. The first kappa shape index (κ1) is 13.6. The van der Waals surface area contributed by atoms with Gasteiger partial charge in [0.25, 0.3) is 0 Å². The minimum Gasteiger partial charge on any atom is -0.453 e. The van der Waals surface area contributed by atoms with Crippen molar-refractivity contribution in [3.8, 4) is 0 Å². The summed E-state index contributed by atoms with van der Waals surface area (Å²) >= 11 is 16.3. The number of amides is 1. The number of carbonyl (C=O) groups excluding carboxylic acids is 2. The Kier molecular flexibility index (Phi) is 5.33. The van der Waals surface area contributed by atoms with E-state index in [2.05, 4.69) is 9.47 Å². The van der Waals surface area contributed by atoms with E-state index in [0.717, 1.165) is 14.0 Å². The smallest absolute Gasteiger partial charge is 0.409 e. The third kappa shape index (κ3) is 5.36. The van der Waals surface area contributed by atoms with Gasteiger partial charge >= 0.3 is 12.1 Å². The zero-order chi connectivity index (χ0) is 11.4. The SMILES string of the molecule is COC(=O)N[C@@H](OC(C)=O)C(Cl)(Cl)Cl. The molecule has 8 heteroatoms. The van der Waals surface area contributed by atoms with Crippen LogP contribution in [-0.4, -0.2) is 29.2 Å². The largest absolute Gasteiger partial charge is 0.453 e. The number of halogens is 3. The number of esters is 1. The van der Waals surface area contributed by atoms with Crippen molar-refractivity contribution in [2.45, 2.75) is 16.9 Å². The van der Waals surface area contributed by atoms with Crippen molar-refractivity contribution in [2.75, 3.05) is 7.11 Å². The van der Waals surface area contributed by atoms with Gasteiger partial charge in [0.1, 0.15) is 0 Å². The standard InChI is InChI=1S/C6H8Cl3NO4/c1-3(11)14-4(6(7,8)9)10-5(12)13-2/h4H,1-2H3,(H,10,12)/t4-/m0/s1. The molecule has 0 saturated carbocycles. The Morgan fingerprint density at radius 3 is 2.14 bits per heavy atom. The van der Waals surface area contributed by atoms with Gasteiger partial charge in [-0.25, -0.2) is 4.79 Å². The Morgan fingerprint density at radius 2 is 1.86 bits per heavy atom. The fraction of sp³-hybridized carbons (Fsp3) is 0.667. The van der Waals surface area contributed by atoms with E-state index in [4.69, 9.17) is 34.8 Å². The molecule has 5 nitrogen and oxygen atoms in total. The third-order valence-corrected chi connectivity index (χ3v) is 1.61. The quantitative estimate of drug-likeness (QED) is 0.467. The Balaban J connectivity index is 4.41. The van der Waals surface area contributed by atoms with Gasteiger partial charge in [-0.1, -0.05) is 34.8 Å². The van der Waals surface area contributed by atoms with Crippen molar-refractivity contribution in [1.82, 2.24) is 5.32 Å². The molecule has 0 bridgehead atoms. The molecule has 0 spiro atoms. The lowest BCUT2D eigenvalue weighted by molar-refractivity contribution is -0.147. The molecule has 1 N–H and O–H groups in total. The summed E-state index contributed by atoms with van der Waals surface area (Å²) in [7, 11) is 1.12. The number of hydrogen-bond donors (Lipinski definition) is 1. The number of alkyl halides is 3. The van der Waals surface area contributed by atoms with Gasteiger partial charge < -0.3 is 9.47 Å². The van der Waals surface area contributed by atoms with E-state index in [1.807, 2.05) is 5.32 Å². The molecule has 0 radical (unpaired) electrons. The molecule has 0 rings (SSSR count). The summed E-state index contributed by atoms with van der Waals surface area (Å²) in [4.78, 5) is 21.3. The topological polar surface area (TPSA) is 64.6 Å². The van der Waals surface area contributed by atoms with Crippen molar-refractivity contribution in [2.24, 2.45) is 0 Å². The van der Waals surface area contributed by atoms with E-state index in [0.29, 0.717) is 0 Å². The second kappa shape index (κ2) is 5.48. The highest BCUT2D eigenvalue weighted by atomic mass is 35.6. The zero-order valence-electron chi connectivity index (χ0n) is 7.34. The summed E-state index contributed by atoms with van der Waals surface area (Å²) in [5, 5.41) is 2.04. The molecule has 0 aromatic rings. The molecule has 0 aliphatic rings. The van der Waals surface area contributed by atoms with E-state index >= 15 is 0 Å². The monoisotopic (exact) mass is 263 g/mol. The highest BCUT2D eigenvalue weighted by molar-refractivity contribution is 6.68. The van der Waals surface area contributed by atoms with Gasteiger partial charge in [-0.2, -0.15) is 0 Å².